The van der Waals surface area contributed by atoms with E-state index >= 15 is 0 Å². The summed E-state index contributed by atoms with van der Waals surface area (Å²) in [5.74, 6) is 0.927. The van der Waals surface area contributed by atoms with Gasteiger partial charge in [-0.3, -0.25) is 0 Å². The van der Waals surface area contributed by atoms with Crippen LogP contribution in [0.25, 0.3) is 0 Å². The topological polar surface area (TPSA) is 21.3 Å². The number of ether oxygens (including phenoxy) is 1. The van der Waals surface area contributed by atoms with Crippen molar-refractivity contribution >= 4 is 0 Å². The van der Waals surface area contributed by atoms with Crippen molar-refractivity contribution in [3.05, 3.63) is 0 Å². The van der Waals surface area contributed by atoms with Gasteiger partial charge in [-0.2, -0.15) is 0 Å². The molecule has 0 saturated carbocycles. The highest BCUT2D eigenvalue weighted by atomic mass is 16.5. The van der Waals surface area contributed by atoms with Crippen LogP contribution in [0.2, 0.25) is 0 Å². The number of piperidine rings is 1. The van der Waals surface area contributed by atoms with E-state index in [2.05, 4.69) is 19.2 Å². The molecule has 2 nitrogen and oxygen atoms in total. The molecule has 78 valence electrons. The average molecular weight is 185 g/mol. The number of nitrogens with one attached hydrogen (secondary N) is 1. The first-order valence-electron chi connectivity index (χ1n) is 5.40. The van der Waals surface area contributed by atoms with Crippen LogP contribution in [0.3, 0.4) is 0 Å². The minimum absolute atomic E-state index is 0.0743. The lowest BCUT2D eigenvalue weighted by molar-refractivity contribution is 0.00934. The first-order valence-corrected chi connectivity index (χ1v) is 5.40. The van der Waals surface area contributed by atoms with Crippen LogP contribution in [-0.2, 0) is 4.74 Å². The smallest absolute Gasteiger partial charge is 0.0622 e. The second-order valence-electron chi connectivity index (χ2n) is 4.70. The third kappa shape index (κ3) is 4.10. The molecule has 1 fully saturated rings. The standard InChI is InChI=1S/C11H23NO/c1-11(2,13-3)7-4-10-5-8-12-9-6-10/h10,12H,4-9H2,1-3H3. The Labute approximate surface area is 82.0 Å². The van der Waals surface area contributed by atoms with E-state index in [0.717, 1.165) is 5.92 Å². The van der Waals surface area contributed by atoms with Crippen LogP contribution in [-0.4, -0.2) is 25.8 Å². The van der Waals surface area contributed by atoms with Gasteiger partial charge in [0.05, 0.1) is 5.60 Å². The van der Waals surface area contributed by atoms with Gasteiger partial charge in [0.15, 0.2) is 0 Å². The van der Waals surface area contributed by atoms with Crippen molar-refractivity contribution in [2.24, 2.45) is 5.92 Å². The van der Waals surface area contributed by atoms with E-state index in [9.17, 15) is 0 Å². The van der Waals surface area contributed by atoms with Gasteiger partial charge < -0.3 is 10.1 Å². The summed E-state index contributed by atoms with van der Waals surface area (Å²) in [6.07, 6.45) is 5.20. The Morgan fingerprint density at radius 2 is 1.92 bits per heavy atom. The lowest BCUT2D eigenvalue weighted by Gasteiger charge is -2.28. The summed E-state index contributed by atoms with van der Waals surface area (Å²) < 4.78 is 5.41. The normalized spacial score (nSPS) is 20.5. The molecule has 1 aliphatic heterocycles. The van der Waals surface area contributed by atoms with Gasteiger partial charge in [0.25, 0.3) is 0 Å². The molecule has 1 saturated heterocycles. The van der Waals surface area contributed by atoms with Crippen LogP contribution >= 0.6 is 0 Å². The molecule has 0 bridgehead atoms. The van der Waals surface area contributed by atoms with Gasteiger partial charge in [-0.05, 0) is 58.5 Å². The summed E-state index contributed by atoms with van der Waals surface area (Å²) in [4.78, 5) is 0. The first kappa shape index (κ1) is 11.0. The van der Waals surface area contributed by atoms with Crippen molar-refractivity contribution in [1.29, 1.82) is 0 Å². The molecule has 0 aromatic heterocycles. The summed E-state index contributed by atoms with van der Waals surface area (Å²) in [6, 6.07) is 0. The molecular weight excluding hydrogens is 162 g/mol. The van der Waals surface area contributed by atoms with E-state index < -0.39 is 0 Å². The molecule has 1 aliphatic rings. The fourth-order valence-electron chi connectivity index (χ4n) is 1.82. The minimum atomic E-state index is 0.0743. The van der Waals surface area contributed by atoms with Gasteiger partial charge in [0.2, 0.25) is 0 Å². The molecule has 1 rings (SSSR count). The molecule has 0 amide bonds. The molecule has 13 heavy (non-hydrogen) atoms. The minimum Gasteiger partial charge on any atom is -0.379 e. The molecular formula is C11H23NO. The molecule has 1 heterocycles. The highest BCUT2D eigenvalue weighted by Crippen LogP contribution is 2.24. The largest absolute Gasteiger partial charge is 0.379 e. The third-order valence-corrected chi connectivity index (χ3v) is 3.17. The van der Waals surface area contributed by atoms with Crippen LogP contribution < -0.4 is 5.32 Å². The Balaban J connectivity index is 2.17. The average Bonchev–Trinajstić information content (AvgIpc) is 2.17. The number of hydrogen-bond donors (Lipinski definition) is 1. The molecule has 2 heteroatoms. The molecule has 1 N–H and O–H groups in total. The molecule has 0 aromatic carbocycles. The van der Waals surface area contributed by atoms with E-state index in [1.54, 1.807) is 0 Å². The highest BCUT2D eigenvalue weighted by Gasteiger charge is 2.20. The van der Waals surface area contributed by atoms with Gasteiger partial charge in [-0.15, -0.1) is 0 Å². The highest BCUT2D eigenvalue weighted by molar-refractivity contribution is 4.74. The zero-order valence-corrected chi connectivity index (χ0v) is 9.23. The predicted octanol–water partition coefficient (Wildman–Crippen LogP) is 2.19. The van der Waals surface area contributed by atoms with E-state index in [4.69, 9.17) is 4.74 Å². The Bertz CT molecular complexity index is 139. The lowest BCUT2D eigenvalue weighted by atomic mass is 9.89. The third-order valence-electron chi connectivity index (χ3n) is 3.17. The summed E-state index contributed by atoms with van der Waals surface area (Å²) >= 11 is 0. The van der Waals surface area contributed by atoms with E-state index in [1.165, 1.54) is 38.8 Å². The Hall–Kier alpha value is -0.0800. The number of hydrogen-bond acceptors (Lipinski definition) is 2. The fraction of sp³-hybridized carbons (Fsp3) is 1.00. The molecule has 0 radical (unpaired) electrons. The second kappa shape index (κ2) is 4.97. The molecule has 0 spiro atoms. The molecule has 0 unspecified atom stereocenters. The maximum absolute atomic E-state index is 5.41. The molecule has 0 aliphatic carbocycles. The number of rotatable bonds is 4. The van der Waals surface area contributed by atoms with E-state index in [0.29, 0.717) is 0 Å². The quantitative estimate of drug-likeness (QED) is 0.725. The SMILES string of the molecule is COC(C)(C)CCC1CCNCC1. The van der Waals surface area contributed by atoms with Crippen molar-refractivity contribution < 1.29 is 4.74 Å². The monoisotopic (exact) mass is 185 g/mol. The Morgan fingerprint density at radius 3 is 2.46 bits per heavy atom. The zero-order valence-electron chi connectivity index (χ0n) is 9.23. The fourth-order valence-corrected chi connectivity index (χ4v) is 1.82. The van der Waals surface area contributed by atoms with Crippen molar-refractivity contribution in [3.8, 4) is 0 Å². The second-order valence-corrected chi connectivity index (χ2v) is 4.70. The number of methoxy groups -OCH3 is 1. The Morgan fingerprint density at radius 1 is 1.31 bits per heavy atom. The predicted molar refractivity (Wildman–Crippen MR) is 55.9 cm³/mol. The summed E-state index contributed by atoms with van der Waals surface area (Å²) in [6.45, 7) is 6.76. The summed E-state index contributed by atoms with van der Waals surface area (Å²) in [7, 11) is 1.81. The van der Waals surface area contributed by atoms with Crippen molar-refractivity contribution in [2.45, 2.75) is 45.1 Å². The van der Waals surface area contributed by atoms with Gasteiger partial charge in [0.1, 0.15) is 0 Å². The summed E-state index contributed by atoms with van der Waals surface area (Å²) in [5.41, 5.74) is 0.0743. The van der Waals surface area contributed by atoms with Crippen molar-refractivity contribution in [2.75, 3.05) is 20.2 Å². The van der Waals surface area contributed by atoms with Crippen LogP contribution in [0.4, 0.5) is 0 Å². The van der Waals surface area contributed by atoms with Gasteiger partial charge >= 0.3 is 0 Å². The van der Waals surface area contributed by atoms with Crippen LogP contribution in [0.15, 0.2) is 0 Å². The van der Waals surface area contributed by atoms with E-state index in [1.807, 2.05) is 7.11 Å². The molecule has 0 aromatic rings. The van der Waals surface area contributed by atoms with E-state index in [-0.39, 0.29) is 5.60 Å². The van der Waals surface area contributed by atoms with Gasteiger partial charge in [-0.1, -0.05) is 0 Å². The van der Waals surface area contributed by atoms with Crippen LogP contribution in [0.5, 0.6) is 0 Å². The zero-order chi connectivity index (χ0) is 9.73. The summed E-state index contributed by atoms with van der Waals surface area (Å²) in [5, 5.41) is 3.39. The van der Waals surface area contributed by atoms with Crippen molar-refractivity contribution in [1.82, 2.24) is 5.32 Å². The van der Waals surface area contributed by atoms with Crippen LogP contribution in [0.1, 0.15) is 39.5 Å². The maximum atomic E-state index is 5.41. The maximum Gasteiger partial charge on any atom is 0.0622 e. The molecule has 0 atom stereocenters. The van der Waals surface area contributed by atoms with Gasteiger partial charge in [0, 0.05) is 7.11 Å². The van der Waals surface area contributed by atoms with Crippen LogP contribution in [0, 0.1) is 5.92 Å². The first-order chi connectivity index (χ1) is 6.14. The van der Waals surface area contributed by atoms with Crippen molar-refractivity contribution in [3.63, 3.8) is 0 Å². The lowest BCUT2D eigenvalue weighted by Crippen LogP contribution is -2.30. The Kier molecular flexibility index (Phi) is 4.20. The van der Waals surface area contributed by atoms with Gasteiger partial charge in [-0.25, -0.2) is 0 Å².